The topological polar surface area (TPSA) is 158 Å². The van der Waals surface area contributed by atoms with Crippen molar-refractivity contribution in [3.8, 4) is 0 Å². The Labute approximate surface area is 263 Å². The molecular formula is C33H42N6O6. The van der Waals surface area contributed by atoms with Crippen molar-refractivity contribution in [1.29, 1.82) is 0 Å². The average molecular weight is 619 g/mol. The lowest BCUT2D eigenvalue weighted by Crippen LogP contribution is -2.56. The van der Waals surface area contributed by atoms with Gasteiger partial charge in [0.2, 0.25) is 5.91 Å². The third kappa shape index (κ3) is 8.99. The Morgan fingerprint density at radius 1 is 1.04 bits per heavy atom. The van der Waals surface area contributed by atoms with Crippen LogP contribution in [0.15, 0.2) is 73.2 Å². The van der Waals surface area contributed by atoms with Gasteiger partial charge in [-0.25, -0.2) is 9.78 Å². The molecule has 1 aliphatic heterocycles. The summed E-state index contributed by atoms with van der Waals surface area (Å²) in [5.74, 6) is -1.61. The molecule has 3 amide bonds. The first kappa shape index (κ1) is 33.3. The lowest BCUT2D eigenvalue weighted by atomic mass is 9.98. The molecule has 4 rings (SSSR count). The van der Waals surface area contributed by atoms with E-state index < -0.39 is 41.4 Å². The third-order valence-electron chi connectivity index (χ3n) is 7.45. The normalized spacial score (nSPS) is 16.4. The lowest BCUT2D eigenvalue weighted by Gasteiger charge is -2.36. The molecule has 0 spiro atoms. The van der Waals surface area contributed by atoms with E-state index in [9.17, 15) is 19.2 Å². The zero-order chi connectivity index (χ0) is 32.4. The summed E-state index contributed by atoms with van der Waals surface area (Å²) in [4.78, 5) is 58.9. The van der Waals surface area contributed by atoms with Crippen LogP contribution < -0.4 is 16.4 Å². The van der Waals surface area contributed by atoms with Crippen LogP contribution >= 0.6 is 0 Å². The summed E-state index contributed by atoms with van der Waals surface area (Å²) in [7, 11) is 0. The number of carbonyl (C=O) groups is 4. The van der Waals surface area contributed by atoms with E-state index in [-0.39, 0.29) is 31.5 Å². The van der Waals surface area contributed by atoms with Gasteiger partial charge >= 0.3 is 5.97 Å². The molecule has 12 heteroatoms. The molecule has 1 saturated heterocycles. The summed E-state index contributed by atoms with van der Waals surface area (Å²) >= 11 is 0. The van der Waals surface area contributed by atoms with Crippen molar-refractivity contribution in [2.45, 2.75) is 70.3 Å². The summed E-state index contributed by atoms with van der Waals surface area (Å²) in [6.45, 7) is 5.60. The minimum atomic E-state index is -1.22. The molecule has 2 aromatic carbocycles. The largest absolute Gasteiger partial charge is 0.464 e. The minimum Gasteiger partial charge on any atom is -0.464 e. The number of carbonyl (C=O) groups excluding carboxylic acids is 4. The van der Waals surface area contributed by atoms with Gasteiger partial charge in [-0.1, -0.05) is 60.7 Å². The fourth-order valence-electron chi connectivity index (χ4n) is 5.07. The average Bonchev–Trinajstić information content (AvgIpc) is 3.48. The SMILES string of the molecule is CCOC(=O)C1CCCCN1C(=O)C(c1ccccc1)n1cnc(NC(=O)C(COCc2ccccc2)NC(=O)C(C)(C)N)c1. The van der Waals surface area contributed by atoms with E-state index in [4.69, 9.17) is 15.2 Å². The van der Waals surface area contributed by atoms with Gasteiger partial charge in [0.25, 0.3) is 11.8 Å². The number of hydrogen-bond acceptors (Lipinski definition) is 8. The molecule has 0 radical (unpaired) electrons. The molecule has 1 aliphatic rings. The molecule has 3 unspecified atom stereocenters. The summed E-state index contributed by atoms with van der Waals surface area (Å²) in [6.07, 6.45) is 5.12. The zero-order valence-electron chi connectivity index (χ0n) is 26.0. The van der Waals surface area contributed by atoms with E-state index in [1.54, 1.807) is 36.4 Å². The molecule has 2 heterocycles. The highest BCUT2D eigenvalue weighted by Gasteiger charge is 2.38. The van der Waals surface area contributed by atoms with Gasteiger partial charge in [-0.2, -0.15) is 0 Å². The van der Waals surface area contributed by atoms with Gasteiger partial charge in [0, 0.05) is 12.7 Å². The number of aromatic nitrogens is 2. The van der Waals surface area contributed by atoms with Crippen molar-refractivity contribution in [2.75, 3.05) is 25.1 Å². The standard InChI is InChI=1S/C33H42N6O6/c1-4-45-31(42)26-17-11-12-18-39(26)30(41)28(24-15-9-6-10-16-24)38-19-27(35-22-38)37-29(40)25(36-32(43)33(2,3)34)21-44-20-23-13-7-5-8-14-23/h5-10,13-16,19,22,25-26,28H,4,11-12,17-18,20-21,34H2,1-3H3,(H,36,43)(H,37,40). The van der Waals surface area contributed by atoms with Crippen LogP contribution in [0.5, 0.6) is 0 Å². The van der Waals surface area contributed by atoms with E-state index in [0.717, 1.165) is 18.4 Å². The van der Waals surface area contributed by atoms with Crippen LogP contribution in [0.3, 0.4) is 0 Å². The Morgan fingerprint density at radius 3 is 2.40 bits per heavy atom. The number of piperidine rings is 1. The number of imidazole rings is 1. The molecule has 4 N–H and O–H groups in total. The Kier molecular flexibility index (Phi) is 11.4. The zero-order valence-corrected chi connectivity index (χ0v) is 26.0. The molecule has 12 nitrogen and oxygen atoms in total. The van der Waals surface area contributed by atoms with Gasteiger partial charge in [-0.05, 0) is 51.2 Å². The molecule has 45 heavy (non-hydrogen) atoms. The van der Waals surface area contributed by atoms with E-state index in [1.807, 2.05) is 60.7 Å². The molecule has 3 aromatic rings. The highest BCUT2D eigenvalue weighted by Crippen LogP contribution is 2.27. The number of likely N-dealkylation sites (tertiary alicyclic amines) is 1. The number of rotatable bonds is 13. The number of anilines is 1. The van der Waals surface area contributed by atoms with Crippen LogP contribution in [0, 0.1) is 0 Å². The maximum absolute atomic E-state index is 14.1. The smallest absolute Gasteiger partial charge is 0.328 e. The quantitative estimate of drug-likeness (QED) is 0.247. The lowest BCUT2D eigenvalue weighted by molar-refractivity contribution is -0.157. The van der Waals surface area contributed by atoms with Gasteiger partial charge in [0.1, 0.15) is 18.1 Å². The second-order valence-corrected chi connectivity index (χ2v) is 11.6. The monoisotopic (exact) mass is 618 g/mol. The molecule has 3 atom stereocenters. The Balaban J connectivity index is 1.54. The number of benzene rings is 2. The number of nitrogens with one attached hydrogen (secondary N) is 2. The predicted molar refractivity (Wildman–Crippen MR) is 168 cm³/mol. The van der Waals surface area contributed by atoms with E-state index in [0.29, 0.717) is 18.5 Å². The van der Waals surface area contributed by atoms with Crippen molar-refractivity contribution < 1.29 is 28.7 Å². The first-order valence-corrected chi connectivity index (χ1v) is 15.2. The maximum Gasteiger partial charge on any atom is 0.328 e. The van der Waals surface area contributed by atoms with Crippen LogP contribution in [-0.4, -0.2) is 75.5 Å². The molecule has 1 aromatic heterocycles. The molecule has 0 aliphatic carbocycles. The summed E-state index contributed by atoms with van der Waals surface area (Å²) in [5.41, 5.74) is 6.34. The summed E-state index contributed by atoms with van der Waals surface area (Å²) in [6, 6.07) is 16.0. The van der Waals surface area contributed by atoms with Crippen molar-refractivity contribution in [3.63, 3.8) is 0 Å². The van der Waals surface area contributed by atoms with Gasteiger partial charge in [0.05, 0.1) is 31.7 Å². The van der Waals surface area contributed by atoms with Crippen molar-refractivity contribution >= 4 is 29.5 Å². The number of amides is 3. The van der Waals surface area contributed by atoms with Crippen LogP contribution in [0.25, 0.3) is 0 Å². The van der Waals surface area contributed by atoms with E-state index in [2.05, 4.69) is 15.6 Å². The fraction of sp³-hybridized carbons (Fsp3) is 0.424. The van der Waals surface area contributed by atoms with Crippen LogP contribution in [0.1, 0.15) is 57.2 Å². The number of ether oxygens (including phenoxy) is 2. The van der Waals surface area contributed by atoms with E-state index in [1.165, 1.54) is 6.33 Å². The van der Waals surface area contributed by atoms with Crippen molar-refractivity contribution in [3.05, 3.63) is 84.3 Å². The summed E-state index contributed by atoms with van der Waals surface area (Å²) < 4.78 is 12.7. The minimum absolute atomic E-state index is 0.113. The first-order valence-electron chi connectivity index (χ1n) is 15.2. The van der Waals surface area contributed by atoms with Crippen molar-refractivity contribution in [1.82, 2.24) is 19.8 Å². The molecule has 1 fully saturated rings. The molecule has 0 bridgehead atoms. The van der Waals surface area contributed by atoms with Gasteiger partial charge in [-0.15, -0.1) is 0 Å². The van der Waals surface area contributed by atoms with Gasteiger partial charge in [0.15, 0.2) is 5.82 Å². The summed E-state index contributed by atoms with van der Waals surface area (Å²) in [5, 5.41) is 5.40. The highest BCUT2D eigenvalue weighted by molar-refractivity contribution is 5.98. The van der Waals surface area contributed by atoms with Crippen LogP contribution in [0.4, 0.5) is 5.82 Å². The first-order chi connectivity index (χ1) is 21.6. The number of nitrogens with zero attached hydrogens (tertiary/aromatic N) is 3. The predicted octanol–water partition coefficient (Wildman–Crippen LogP) is 2.79. The number of nitrogens with two attached hydrogens (primary N) is 1. The van der Waals surface area contributed by atoms with Crippen LogP contribution in [-0.2, 0) is 35.3 Å². The second-order valence-electron chi connectivity index (χ2n) is 11.6. The molecule has 240 valence electrons. The number of esters is 1. The van der Waals surface area contributed by atoms with Gasteiger partial charge < -0.3 is 35.3 Å². The second kappa shape index (κ2) is 15.4. The van der Waals surface area contributed by atoms with Crippen LogP contribution in [0.2, 0.25) is 0 Å². The Hall–Kier alpha value is -4.55. The number of hydrogen-bond donors (Lipinski definition) is 3. The highest BCUT2D eigenvalue weighted by atomic mass is 16.5. The maximum atomic E-state index is 14.1. The van der Waals surface area contributed by atoms with Crippen molar-refractivity contribution in [2.24, 2.45) is 5.73 Å². The Bertz CT molecular complexity index is 1440. The third-order valence-corrected chi connectivity index (χ3v) is 7.45. The van der Waals surface area contributed by atoms with Gasteiger partial charge in [-0.3, -0.25) is 14.4 Å². The molecular weight excluding hydrogens is 576 g/mol. The molecule has 0 saturated carbocycles. The Morgan fingerprint density at radius 2 is 1.73 bits per heavy atom. The van der Waals surface area contributed by atoms with E-state index >= 15 is 0 Å². The fourth-order valence-corrected chi connectivity index (χ4v) is 5.07.